The minimum absolute atomic E-state index is 0.679. The lowest BCUT2D eigenvalue weighted by molar-refractivity contribution is 0.286. The molecule has 1 atom stereocenters. The Labute approximate surface area is 85.8 Å². The molecule has 3 heteroatoms. The number of rotatable bonds is 5. The minimum Gasteiger partial charge on any atom is -0.311 e. The van der Waals surface area contributed by atoms with Gasteiger partial charge < -0.3 is 5.32 Å². The lowest BCUT2D eigenvalue weighted by Crippen LogP contribution is -2.45. The van der Waals surface area contributed by atoms with Crippen LogP contribution in [0.4, 0.5) is 0 Å². The zero-order chi connectivity index (χ0) is 9.52. The van der Waals surface area contributed by atoms with Crippen LogP contribution in [0.2, 0.25) is 0 Å². The second kappa shape index (κ2) is 6.46. The molecule has 1 N–H and O–H groups in total. The summed E-state index contributed by atoms with van der Waals surface area (Å²) in [5.41, 5.74) is 0. The Morgan fingerprint density at radius 2 is 2.54 bits per heavy atom. The standard InChI is InChI=1S/C10H20N2S/c1-3-6-12(4-2)8-10-9-13-7-5-11-10/h3,10-11H,1,4-9H2,2H3. The average molecular weight is 200 g/mol. The molecule has 0 aromatic carbocycles. The molecule has 0 aliphatic carbocycles. The topological polar surface area (TPSA) is 15.3 Å². The number of thioether (sulfide) groups is 1. The number of nitrogens with zero attached hydrogens (tertiary/aromatic N) is 1. The lowest BCUT2D eigenvalue weighted by Gasteiger charge is -2.28. The number of likely N-dealkylation sites (N-methyl/N-ethyl adjacent to an activating group) is 1. The van der Waals surface area contributed by atoms with Crippen LogP contribution in [0.3, 0.4) is 0 Å². The molecule has 13 heavy (non-hydrogen) atoms. The zero-order valence-electron chi connectivity index (χ0n) is 8.46. The first-order chi connectivity index (χ1) is 6.36. The molecule has 1 unspecified atom stereocenters. The van der Waals surface area contributed by atoms with Crippen LogP contribution in [0.1, 0.15) is 6.92 Å². The van der Waals surface area contributed by atoms with Crippen LogP contribution >= 0.6 is 11.8 Å². The summed E-state index contributed by atoms with van der Waals surface area (Å²) in [7, 11) is 0. The van der Waals surface area contributed by atoms with Crippen molar-refractivity contribution in [3.8, 4) is 0 Å². The first-order valence-electron chi connectivity index (χ1n) is 5.01. The molecule has 0 aromatic heterocycles. The molecule has 0 bridgehead atoms. The van der Waals surface area contributed by atoms with Crippen LogP contribution in [-0.4, -0.2) is 48.6 Å². The van der Waals surface area contributed by atoms with E-state index in [4.69, 9.17) is 0 Å². The predicted molar refractivity (Wildman–Crippen MR) is 61.4 cm³/mol. The zero-order valence-corrected chi connectivity index (χ0v) is 9.28. The van der Waals surface area contributed by atoms with Crippen LogP contribution in [0, 0.1) is 0 Å². The van der Waals surface area contributed by atoms with Gasteiger partial charge in [-0.2, -0.15) is 11.8 Å². The minimum atomic E-state index is 0.679. The van der Waals surface area contributed by atoms with Crippen molar-refractivity contribution >= 4 is 11.8 Å². The summed E-state index contributed by atoms with van der Waals surface area (Å²) in [5.74, 6) is 2.53. The van der Waals surface area contributed by atoms with E-state index in [9.17, 15) is 0 Å². The molecule has 2 nitrogen and oxygen atoms in total. The van der Waals surface area contributed by atoms with E-state index in [1.54, 1.807) is 0 Å². The SMILES string of the molecule is C=CCN(CC)CC1CSCCN1. The van der Waals surface area contributed by atoms with Gasteiger partial charge in [0.25, 0.3) is 0 Å². The van der Waals surface area contributed by atoms with E-state index >= 15 is 0 Å². The molecule has 76 valence electrons. The van der Waals surface area contributed by atoms with E-state index in [2.05, 4.69) is 35.5 Å². The third kappa shape index (κ3) is 4.16. The van der Waals surface area contributed by atoms with E-state index < -0.39 is 0 Å². The lowest BCUT2D eigenvalue weighted by atomic mass is 10.3. The number of hydrogen-bond acceptors (Lipinski definition) is 3. The van der Waals surface area contributed by atoms with E-state index in [-0.39, 0.29) is 0 Å². The highest BCUT2D eigenvalue weighted by Crippen LogP contribution is 2.08. The second-order valence-electron chi connectivity index (χ2n) is 3.37. The summed E-state index contributed by atoms with van der Waals surface area (Å²) in [5, 5.41) is 3.55. The van der Waals surface area contributed by atoms with Crippen LogP contribution in [0.25, 0.3) is 0 Å². The summed E-state index contributed by atoms with van der Waals surface area (Å²) in [4.78, 5) is 2.43. The van der Waals surface area contributed by atoms with Gasteiger partial charge in [0.2, 0.25) is 0 Å². The fourth-order valence-corrected chi connectivity index (χ4v) is 2.50. The fraction of sp³-hybridized carbons (Fsp3) is 0.800. The maximum absolute atomic E-state index is 3.77. The third-order valence-electron chi connectivity index (χ3n) is 2.31. The molecular formula is C10H20N2S. The molecular weight excluding hydrogens is 180 g/mol. The molecule has 1 saturated heterocycles. The van der Waals surface area contributed by atoms with Gasteiger partial charge in [0.1, 0.15) is 0 Å². The van der Waals surface area contributed by atoms with E-state index in [0.717, 1.165) is 19.6 Å². The molecule has 1 aliphatic heterocycles. The Kier molecular flexibility index (Phi) is 5.51. The smallest absolute Gasteiger partial charge is 0.0286 e. The van der Waals surface area contributed by atoms with Crippen molar-refractivity contribution in [3.05, 3.63) is 12.7 Å². The van der Waals surface area contributed by atoms with Gasteiger partial charge >= 0.3 is 0 Å². The molecule has 0 saturated carbocycles. The van der Waals surface area contributed by atoms with Crippen molar-refractivity contribution in [2.75, 3.05) is 37.7 Å². The molecule has 0 aromatic rings. The van der Waals surface area contributed by atoms with E-state index in [1.807, 2.05) is 6.08 Å². The van der Waals surface area contributed by atoms with Gasteiger partial charge in [-0.3, -0.25) is 4.90 Å². The monoisotopic (exact) mass is 200 g/mol. The quantitative estimate of drug-likeness (QED) is 0.671. The van der Waals surface area contributed by atoms with Crippen LogP contribution in [0.15, 0.2) is 12.7 Å². The molecule has 0 radical (unpaired) electrons. The maximum atomic E-state index is 3.77. The summed E-state index contributed by atoms with van der Waals surface area (Å²) in [6, 6.07) is 0.679. The van der Waals surface area contributed by atoms with Gasteiger partial charge in [-0.15, -0.1) is 6.58 Å². The third-order valence-corrected chi connectivity index (χ3v) is 3.44. The Bertz CT molecular complexity index is 144. The number of nitrogens with one attached hydrogen (secondary N) is 1. The van der Waals surface area contributed by atoms with E-state index in [0.29, 0.717) is 6.04 Å². The Morgan fingerprint density at radius 1 is 1.69 bits per heavy atom. The normalized spacial score (nSPS) is 23.4. The summed E-state index contributed by atoms with van der Waals surface area (Å²) in [6.07, 6.45) is 1.99. The van der Waals surface area contributed by atoms with Gasteiger partial charge in [0.15, 0.2) is 0 Å². The van der Waals surface area contributed by atoms with Crippen molar-refractivity contribution in [1.82, 2.24) is 10.2 Å². The first kappa shape index (κ1) is 11.1. The number of hydrogen-bond donors (Lipinski definition) is 1. The van der Waals surface area contributed by atoms with Crippen molar-refractivity contribution in [1.29, 1.82) is 0 Å². The summed E-state index contributed by atoms with van der Waals surface area (Å²) < 4.78 is 0. The molecule has 1 aliphatic rings. The van der Waals surface area contributed by atoms with Crippen molar-refractivity contribution in [3.63, 3.8) is 0 Å². The second-order valence-corrected chi connectivity index (χ2v) is 4.52. The summed E-state index contributed by atoms with van der Waals surface area (Å²) in [6.45, 7) is 10.4. The first-order valence-corrected chi connectivity index (χ1v) is 6.16. The van der Waals surface area contributed by atoms with Crippen molar-refractivity contribution in [2.24, 2.45) is 0 Å². The Hall–Kier alpha value is 0.01000. The predicted octanol–water partition coefficient (Wildman–Crippen LogP) is 1.20. The van der Waals surface area contributed by atoms with Crippen LogP contribution in [0.5, 0.6) is 0 Å². The van der Waals surface area contributed by atoms with Crippen molar-refractivity contribution in [2.45, 2.75) is 13.0 Å². The van der Waals surface area contributed by atoms with E-state index in [1.165, 1.54) is 18.1 Å². The highest BCUT2D eigenvalue weighted by atomic mass is 32.2. The average Bonchev–Trinajstić information content (AvgIpc) is 2.19. The van der Waals surface area contributed by atoms with Crippen LogP contribution in [-0.2, 0) is 0 Å². The Morgan fingerprint density at radius 3 is 3.08 bits per heavy atom. The molecule has 1 fully saturated rings. The van der Waals surface area contributed by atoms with Crippen molar-refractivity contribution < 1.29 is 0 Å². The molecule has 1 rings (SSSR count). The van der Waals surface area contributed by atoms with Gasteiger partial charge in [-0.05, 0) is 6.54 Å². The highest BCUT2D eigenvalue weighted by Gasteiger charge is 2.14. The molecule has 0 amide bonds. The highest BCUT2D eigenvalue weighted by molar-refractivity contribution is 7.99. The maximum Gasteiger partial charge on any atom is 0.0286 e. The van der Waals surface area contributed by atoms with Gasteiger partial charge in [0.05, 0.1) is 0 Å². The van der Waals surface area contributed by atoms with Crippen LogP contribution < -0.4 is 5.32 Å². The van der Waals surface area contributed by atoms with Gasteiger partial charge in [0, 0.05) is 37.2 Å². The molecule has 0 spiro atoms. The molecule has 1 heterocycles. The summed E-state index contributed by atoms with van der Waals surface area (Å²) >= 11 is 2.06. The van der Waals surface area contributed by atoms with Gasteiger partial charge in [-0.25, -0.2) is 0 Å². The fourth-order valence-electron chi connectivity index (χ4n) is 1.56. The Balaban J connectivity index is 2.22. The van der Waals surface area contributed by atoms with Gasteiger partial charge in [-0.1, -0.05) is 13.0 Å². The largest absolute Gasteiger partial charge is 0.311 e.